The van der Waals surface area contributed by atoms with Crippen LogP contribution in [-0.2, 0) is 6.42 Å². The monoisotopic (exact) mass is 300 g/mol. The normalized spacial score (nSPS) is 11.2. The van der Waals surface area contributed by atoms with Gasteiger partial charge in [-0.3, -0.25) is 0 Å². The Morgan fingerprint density at radius 1 is 0.778 bits per heavy atom. The number of aliphatic hydroxyl groups excluding tert-OH is 1. The summed E-state index contributed by atoms with van der Waals surface area (Å²) in [6, 6.07) is 16.7. The summed E-state index contributed by atoms with van der Waals surface area (Å²) in [6.45, 7) is 0.176. The molecule has 0 fully saturated rings. The average molecular weight is 301 g/mol. The third-order valence-electron chi connectivity index (χ3n) is 3.34. The molecular formula is C16H13BrO. The minimum absolute atomic E-state index is 0.176. The molecule has 0 heterocycles. The van der Waals surface area contributed by atoms with Crippen LogP contribution in [0.2, 0.25) is 0 Å². The van der Waals surface area contributed by atoms with E-state index in [2.05, 4.69) is 40.2 Å². The lowest BCUT2D eigenvalue weighted by molar-refractivity contribution is 0.300. The van der Waals surface area contributed by atoms with Crippen molar-refractivity contribution in [3.8, 4) is 0 Å². The molecule has 0 aromatic heterocycles. The zero-order valence-corrected chi connectivity index (χ0v) is 11.4. The van der Waals surface area contributed by atoms with Gasteiger partial charge in [-0.25, -0.2) is 0 Å². The Kier molecular flexibility index (Phi) is 3.06. The molecule has 0 radical (unpaired) electrons. The molecule has 3 aromatic rings. The standard InChI is InChI=1S/C16H13BrO/c17-16-14-7-3-1-5-11(14)13(9-10-18)12-6-2-4-8-15(12)16/h1-8,18H,9-10H2. The van der Waals surface area contributed by atoms with Gasteiger partial charge in [-0.05, 0) is 49.5 Å². The minimum Gasteiger partial charge on any atom is -0.396 e. The Bertz CT molecular complexity index is 662. The highest BCUT2D eigenvalue weighted by molar-refractivity contribution is 9.10. The van der Waals surface area contributed by atoms with E-state index in [1.165, 1.54) is 27.1 Å². The molecule has 3 rings (SSSR count). The number of halogens is 1. The van der Waals surface area contributed by atoms with Gasteiger partial charge in [-0.2, -0.15) is 0 Å². The maximum Gasteiger partial charge on any atom is 0.0471 e. The largest absolute Gasteiger partial charge is 0.396 e. The summed E-state index contributed by atoms with van der Waals surface area (Å²) >= 11 is 3.71. The van der Waals surface area contributed by atoms with Crippen molar-refractivity contribution in [2.45, 2.75) is 6.42 Å². The first-order chi connectivity index (χ1) is 8.83. The van der Waals surface area contributed by atoms with Gasteiger partial charge in [0, 0.05) is 11.1 Å². The summed E-state index contributed by atoms with van der Waals surface area (Å²) in [4.78, 5) is 0. The number of benzene rings is 3. The Hall–Kier alpha value is -1.38. The smallest absolute Gasteiger partial charge is 0.0471 e. The molecule has 0 unspecified atom stereocenters. The lowest BCUT2D eigenvalue weighted by Crippen LogP contribution is -1.95. The van der Waals surface area contributed by atoms with E-state index in [-0.39, 0.29) is 6.61 Å². The van der Waals surface area contributed by atoms with Crippen LogP contribution in [0.25, 0.3) is 21.5 Å². The van der Waals surface area contributed by atoms with E-state index in [0.717, 1.165) is 4.47 Å². The fraction of sp³-hybridized carbons (Fsp3) is 0.125. The number of rotatable bonds is 2. The van der Waals surface area contributed by atoms with Crippen LogP contribution in [0.1, 0.15) is 5.56 Å². The maximum absolute atomic E-state index is 9.30. The van der Waals surface area contributed by atoms with E-state index in [9.17, 15) is 5.11 Å². The van der Waals surface area contributed by atoms with E-state index in [0.29, 0.717) is 6.42 Å². The van der Waals surface area contributed by atoms with Crippen molar-refractivity contribution in [1.82, 2.24) is 0 Å². The molecule has 0 bridgehead atoms. The van der Waals surface area contributed by atoms with Crippen LogP contribution in [0.4, 0.5) is 0 Å². The van der Waals surface area contributed by atoms with Gasteiger partial charge in [0.15, 0.2) is 0 Å². The van der Waals surface area contributed by atoms with Crippen LogP contribution in [0.3, 0.4) is 0 Å². The second kappa shape index (κ2) is 4.71. The molecule has 0 amide bonds. The molecule has 0 atom stereocenters. The summed E-state index contributed by atoms with van der Waals surface area (Å²) < 4.78 is 1.13. The molecule has 0 saturated heterocycles. The average Bonchev–Trinajstić information content (AvgIpc) is 2.43. The molecule has 2 heteroatoms. The van der Waals surface area contributed by atoms with Crippen molar-refractivity contribution in [2.24, 2.45) is 0 Å². The summed E-state index contributed by atoms with van der Waals surface area (Å²) in [6.07, 6.45) is 0.689. The van der Waals surface area contributed by atoms with E-state index in [1.54, 1.807) is 0 Å². The first-order valence-electron chi connectivity index (χ1n) is 6.01. The summed E-state index contributed by atoms with van der Waals surface area (Å²) in [5, 5.41) is 14.2. The van der Waals surface area contributed by atoms with Crippen molar-refractivity contribution in [1.29, 1.82) is 0 Å². The zero-order valence-electron chi connectivity index (χ0n) is 9.86. The second-order valence-corrected chi connectivity index (χ2v) is 5.15. The molecule has 0 spiro atoms. The molecule has 1 nitrogen and oxygen atoms in total. The molecule has 1 N–H and O–H groups in total. The maximum atomic E-state index is 9.30. The Balaban J connectivity index is 2.54. The number of hydrogen-bond acceptors (Lipinski definition) is 1. The highest BCUT2D eigenvalue weighted by Crippen LogP contribution is 2.36. The van der Waals surface area contributed by atoms with Gasteiger partial charge in [0.25, 0.3) is 0 Å². The lowest BCUT2D eigenvalue weighted by Gasteiger charge is -2.12. The van der Waals surface area contributed by atoms with Gasteiger partial charge < -0.3 is 5.11 Å². The fourth-order valence-corrected chi connectivity index (χ4v) is 3.24. The van der Waals surface area contributed by atoms with Crippen molar-refractivity contribution < 1.29 is 5.11 Å². The Labute approximate surface area is 114 Å². The molecule has 90 valence electrons. The topological polar surface area (TPSA) is 20.2 Å². The van der Waals surface area contributed by atoms with E-state index in [1.807, 2.05) is 24.3 Å². The summed E-state index contributed by atoms with van der Waals surface area (Å²) in [5.74, 6) is 0. The Morgan fingerprint density at radius 2 is 1.22 bits per heavy atom. The second-order valence-electron chi connectivity index (χ2n) is 4.36. The summed E-state index contributed by atoms with van der Waals surface area (Å²) in [5.41, 5.74) is 1.23. The minimum atomic E-state index is 0.176. The molecule has 0 saturated carbocycles. The van der Waals surface area contributed by atoms with Crippen LogP contribution < -0.4 is 0 Å². The number of aliphatic hydroxyl groups is 1. The van der Waals surface area contributed by atoms with Crippen LogP contribution in [-0.4, -0.2) is 11.7 Å². The van der Waals surface area contributed by atoms with Crippen LogP contribution >= 0.6 is 15.9 Å². The third-order valence-corrected chi connectivity index (χ3v) is 4.19. The predicted molar refractivity (Wildman–Crippen MR) is 79.9 cm³/mol. The SMILES string of the molecule is OCCc1c2ccccc2c(Br)c2ccccc12. The highest BCUT2D eigenvalue weighted by atomic mass is 79.9. The van der Waals surface area contributed by atoms with Gasteiger partial charge in [-0.15, -0.1) is 0 Å². The highest BCUT2D eigenvalue weighted by Gasteiger charge is 2.10. The van der Waals surface area contributed by atoms with Crippen molar-refractivity contribution in [3.05, 3.63) is 58.6 Å². The molecule has 3 aromatic carbocycles. The first kappa shape index (κ1) is 11.7. The molecular weight excluding hydrogens is 288 g/mol. The Morgan fingerprint density at radius 3 is 1.67 bits per heavy atom. The van der Waals surface area contributed by atoms with Gasteiger partial charge in [0.05, 0.1) is 0 Å². The van der Waals surface area contributed by atoms with Crippen LogP contribution in [0, 0.1) is 0 Å². The molecule has 0 aliphatic carbocycles. The van der Waals surface area contributed by atoms with Crippen molar-refractivity contribution >= 4 is 37.5 Å². The van der Waals surface area contributed by atoms with Crippen LogP contribution in [0.15, 0.2) is 53.0 Å². The van der Waals surface area contributed by atoms with Crippen molar-refractivity contribution in [3.63, 3.8) is 0 Å². The summed E-state index contributed by atoms with van der Waals surface area (Å²) in [7, 11) is 0. The van der Waals surface area contributed by atoms with Gasteiger partial charge in [0.1, 0.15) is 0 Å². The first-order valence-corrected chi connectivity index (χ1v) is 6.81. The quantitative estimate of drug-likeness (QED) is 0.700. The molecule has 18 heavy (non-hydrogen) atoms. The van der Waals surface area contributed by atoms with Gasteiger partial charge >= 0.3 is 0 Å². The van der Waals surface area contributed by atoms with E-state index < -0.39 is 0 Å². The van der Waals surface area contributed by atoms with Crippen LogP contribution in [0.5, 0.6) is 0 Å². The third kappa shape index (κ3) is 1.73. The van der Waals surface area contributed by atoms with Gasteiger partial charge in [0.2, 0.25) is 0 Å². The van der Waals surface area contributed by atoms with E-state index in [4.69, 9.17) is 0 Å². The fourth-order valence-electron chi connectivity index (χ4n) is 2.55. The number of fused-ring (bicyclic) bond motifs is 2. The molecule has 0 aliphatic rings. The molecule has 0 aliphatic heterocycles. The van der Waals surface area contributed by atoms with E-state index >= 15 is 0 Å². The lowest BCUT2D eigenvalue weighted by atomic mass is 9.95. The zero-order chi connectivity index (χ0) is 12.5. The predicted octanol–water partition coefficient (Wildman–Crippen LogP) is 4.29. The van der Waals surface area contributed by atoms with Gasteiger partial charge in [-0.1, -0.05) is 48.5 Å². The number of hydrogen-bond donors (Lipinski definition) is 1. The van der Waals surface area contributed by atoms with Crippen molar-refractivity contribution in [2.75, 3.05) is 6.61 Å².